The van der Waals surface area contributed by atoms with Crippen molar-refractivity contribution in [3.8, 4) is 5.75 Å². The van der Waals surface area contributed by atoms with E-state index in [1.54, 1.807) is 0 Å². The first-order chi connectivity index (χ1) is 14.4. The second kappa shape index (κ2) is 7.07. The highest BCUT2D eigenvalue weighted by Crippen LogP contribution is 2.60. The summed E-state index contributed by atoms with van der Waals surface area (Å²) in [4.78, 5) is 0. The molecule has 5 rings (SSSR count). The first kappa shape index (κ1) is 19.5. The number of nitrogens with zero attached hydrogens (tertiary/aromatic N) is 4. The monoisotopic (exact) mass is 404 g/mol. The molecule has 2 saturated carbocycles. The van der Waals surface area contributed by atoms with Gasteiger partial charge in [-0.1, -0.05) is 13.0 Å². The minimum atomic E-state index is 0.173. The fraction of sp³-hybridized carbons (Fsp3) is 0.560. The van der Waals surface area contributed by atoms with Crippen LogP contribution in [0.4, 0.5) is 0 Å². The van der Waals surface area contributed by atoms with Gasteiger partial charge >= 0.3 is 0 Å². The summed E-state index contributed by atoms with van der Waals surface area (Å²) >= 11 is 0. The average Bonchev–Trinajstić information content (AvgIpc) is 3.18. The number of phenolic OH excluding ortho intramolecular Hbond substituents is 1. The summed E-state index contributed by atoms with van der Waals surface area (Å²) in [7, 11) is 1.97. The Morgan fingerprint density at radius 1 is 1.20 bits per heavy atom. The number of benzene rings is 1. The van der Waals surface area contributed by atoms with Crippen molar-refractivity contribution in [1.82, 2.24) is 9.78 Å². The lowest BCUT2D eigenvalue weighted by molar-refractivity contribution is 0.0955. The van der Waals surface area contributed by atoms with Gasteiger partial charge in [0.15, 0.2) is 0 Å². The predicted octanol–water partition coefficient (Wildman–Crippen LogP) is 5.07. The van der Waals surface area contributed by atoms with Crippen molar-refractivity contribution in [2.45, 2.75) is 65.2 Å². The number of hydrogen-bond donors (Lipinski definition) is 1. The summed E-state index contributed by atoms with van der Waals surface area (Å²) in [6.45, 7) is 6.53. The van der Waals surface area contributed by atoms with Crippen LogP contribution in [0.2, 0.25) is 0 Å². The molecule has 158 valence electrons. The van der Waals surface area contributed by atoms with Gasteiger partial charge in [-0.15, -0.1) is 0 Å². The van der Waals surface area contributed by atoms with Gasteiger partial charge in [-0.25, -0.2) is 0 Å². The molecular weight excluding hydrogens is 372 g/mol. The Balaban J connectivity index is 1.39. The van der Waals surface area contributed by atoms with E-state index in [4.69, 9.17) is 5.10 Å². The minimum absolute atomic E-state index is 0.173. The fourth-order valence-corrected chi connectivity index (χ4v) is 6.65. The predicted molar refractivity (Wildman–Crippen MR) is 120 cm³/mol. The Morgan fingerprint density at radius 2 is 2.03 bits per heavy atom. The molecule has 2 aromatic rings. The molecule has 1 heterocycles. The molecule has 30 heavy (non-hydrogen) atoms. The molecular formula is C25H32N4O. The first-order valence-electron chi connectivity index (χ1n) is 11.3. The third-order valence-electron chi connectivity index (χ3n) is 8.38. The van der Waals surface area contributed by atoms with Gasteiger partial charge in [0.25, 0.3) is 0 Å². The minimum Gasteiger partial charge on any atom is -0.508 e. The van der Waals surface area contributed by atoms with E-state index in [1.165, 1.54) is 42.5 Å². The maximum atomic E-state index is 9.88. The van der Waals surface area contributed by atoms with Crippen LogP contribution < -0.4 is 0 Å². The van der Waals surface area contributed by atoms with Crippen LogP contribution in [0.3, 0.4) is 0 Å². The van der Waals surface area contributed by atoms with E-state index in [2.05, 4.69) is 30.1 Å². The van der Waals surface area contributed by atoms with E-state index < -0.39 is 0 Å². The molecule has 2 fully saturated rings. The lowest BCUT2D eigenvalue weighted by Crippen LogP contribution is -2.42. The summed E-state index contributed by atoms with van der Waals surface area (Å²) in [5.41, 5.74) is 7.51. The Kier molecular flexibility index (Phi) is 4.60. The molecule has 0 spiro atoms. The van der Waals surface area contributed by atoms with Crippen LogP contribution in [0.5, 0.6) is 5.75 Å². The third kappa shape index (κ3) is 2.93. The lowest BCUT2D eigenvalue weighted by Gasteiger charge is -2.49. The van der Waals surface area contributed by atoms with Crippen molar-refractivity contribution >= 4 is 11.9 Å². The topological polar surface area (TPSA) is 62.8 Å². The molecule has 4 atom stereocenters. The second-order valence-electron chi connectivity index (χ2n) is 9.79. The Morgan fingerprint density at radius 3 is 2.80 bits per heavy atom. The van der Waals surface area contributed by atoms with Gasteiger partial charge in [-0.05, 0) is 93.4 Å². The molecule has 0 bridgehead atoms. The summed E-state index contributed by atoms with van der Waals surface area (Å²) in [5.74, 6) is 2.45. The zero-order valence-corrected chi connectivity index (χ0v) is 18.5. The fourth-order valence-electron chi connectivity index (χ4n) is 6.65. The SMILES string of the molecule is Cc1nn(C)c(C)c1/C=N/N=C1\CCC2C3CCc4cc(O)ccc4C3CCC12C. The van der Waals surface area contributed by atoms with Crippen LogP contribution in [0.25, 0.3) is 0 Å². The Labute approximate surface area is 178 Å². The molecule has 0 amide bonds. The van der Waals surface area contributed by atoms with Crippen LogP contribution in [0, 0.1) is 31.1 Å². The molecule has 3 aliphatic carbocycles. The molecule has 0 aliphatic heterocycles. The lowest BCUT2D eigenvalue weighted by atomic mass is 9.55. The van der Waals surface area contributed by atoms with Gasteiger partial charge in [-0.3, -0.25) is 4.68 Å². The molecule has 4 unspecified atom stereocenters. The van der Waals surface area contributed by atoms with E-state index in [-0.39, 0.29) is 5.41 Å². The van der Waals surface area contributed by atoms with Crippen molar-refractivity contribution in [3.05, 3.63) is 46.3 Å². The first-order valence-corrected chi connectivity index (χ1v) is 11.3. The van der Waals surface area contributed by atoms with E-state index >= 15 is 0 Å². The van der Waals surface area contributed by atoms with Crippen molar-refractivity contribution in [2.75, 3.05) is 0 Å². The molecule has 1 aromatic carbocycles. The normalized spacial score (nSPS) is 31.7. The van der Waals surface area contributed by atoms with Gasteiger partial charge in [-0.2, -0.15) is 15.3 Å². The summed E-state index contributed by atoms with van der Waals surface area (Å²) in [6, 6.07) is 6.03. The summed E-state index contributed by atoms with van der Waals surface area (Å²) in [6.07, 6.45) is 8.88. The molecule has 1 N–H and O–H groups in total. The molecule has 1 aromatic heterocycles. The summed E-state index contributed by atoms with van der Waals surface area (Å²) < 4.78 is 1.90. The summed E-state index contributed by atoms with van der Waals surface area (Å²) in [5, 5.41) is 23.6. The van der Waals surface area contributed by atoms with Crippen molar-refractivity contribution in [3.63, 3.8) is 0 Å². The number of fused-ring (bicyclic) bond motifs is 5. The number of rotatable bonds is 2. The molecule has 0 radical (unpaired) electrons. The molecule has 3 aliphatic rings. The van der Waals surface area contributed by atoms with Crippen LogP contribution in [-0.2, 0) is 13.5 Å². The van der Waals surface area contributed by atoms with Gasteiger partial charge in [0, 0.05) is 29.4 Å². The number of aryl methyl sites for hydroxylation is 3. The van der Waals surface area contributed by atoms with Crippen molar-refractivity contribution < 1.29 is 5.11 Å². The quantitative estimate of drug-likeness (QED) is 0.561. The maximum absolute atomic E-state index is 9.88. The van der Waals surface area contributed by atoms with Crippen molar-refractivity contribution in [2.24, 2.45) is 34.5 Å². The molecule has 0 saturated heterocycles. The zero-order chi connectivity index (χ0) is 21.0. The standard InChI is InChI=1S/C25H32N4O/c1-15-22(16(2)29(4)28-15)14-26-27-24-10-9-23-21-7-5-17-13-18(30)6-8-19(17)20(21)11-12-25(23,24)3/h6,8,13-14,20-21,23,30H,5,7,9-12H2,1-4H3/b26-14+,27-24+. The smallest absolute Gasteiger partial charge is 0.115 e. The van der Waals surface area contributed by atoms with Crippen LogP contribution in [0.15, 0.2) is 28.4 Å². The van der Waals surface area contributed by atoms with Crippen LogP contribution in [-0.4, -0.2) is 26.8 Å². The molecule has 5 heteroatoms. The highest BCUT2D eigenvalue weighted by molar-refractivity contribution is 5.93. The Hall–Kier alpha value is -2.43. The van der Waals surface area contributed by atoms with Crippen molar-refractivity contribution in [1.29, 1.82) is 0 Å². The van der Waals surface area contributed by atoms with Gasteiger partial charge in [0.2, 0.25) is 0 Å². The third-order valence-corrected chi connectivity index (χ3v) is 8.38. The highest BCUT2D eigenvalue weighted by Gasteiger charge is 2.53. The van der Waals surface area contributed by atoms with Gasteiger partial charge in [0.05, 0.1) is 11.9 Å². The van der Waals surface area contributed by atoms with E-state index in [1.807, 2.05) is 37.0 Å². The van der Waals surface area contributed by atoms with E-state index in [9.17, 15) is 5.11 Å². The number of aromatic hydroxyl groups is 1. The Bertz CT molecular complexity index is 1050. The average molecular weight is 405 g/mol. The highest BCUT2D eigenvalue weighted by atomic mass is 16.3. The zero-order valence-electron chi connectivity index (χ0n) is 18.5. The molecule has 5 nitrogen and oxygen atoms in total. The van der Waals surface area contributed by atoms with Gasteiger partial charge in [0.1, 0.15) is 5.75 Å². The van der Waals surface area contributed by atoms with Crippen LogP contribution in [0.1, 0.15) is 73.0 Å². The van der Waals surface area contributed by atoms with Gasteiger partial charge < -0.3 is 5.11 Å². The largest absolute Gasteiger partial charge is 0.508 e. The number of aromatic nitrogens is 2. The second-order valence-corrected chi connectivity index (χ2v) is 9.79. The van der Waals surface area contributed by atoms with E-state index in [0.717, 1.165) is 35.7 Å². The maximum Gasteiger partial charge on any atom is 0.115 e. The van der Waals surface area contributed by atoms with Crippen LogP contribution >= 0.6 is 0 Å². The number of phenols is 1. The van der Waals surface area contributed by atoms with E-state index in [0.29, 0.717) is 17.6 Å². The number of hydrogen-bond acceptors (Lipinski definition) is 4.